The van der Waals surface area contributed by atoms with Gasteiger partial charge in [0.2, 0.25) is 11.5 Å². The van der Waals surface area contributed by atoms with Gasteiger partial charge in [-0.1, -0.05) is 30.3 Å². The average molecular weight is 300 g/mol. The molecule has 0 saturated heterocycles. The Morgan fingerprint density at radius 1 is 1.05 bits per heavy atom. The zero-order valence-electron chi connectivity index (χ0n) is 12.2. The molecule has 2 N–H and O–H groups in total. The number of rotatable bonds is 5. The van der Waals surface area contributed by atoms with Crippen LogP contribution in [-0.4, -0.2) is 30.2 Å². The van der Waals surface area contributed by atoms with E-state index in [1.807, 2.05) is 6.07 Å². The standard InChI is InChI=1S/C17H16O5/c1-21-16-12(10-14(19)15(20)17(16)22-2)8-9-13(18)11-6-4-3-5-7-11/h3-10,19-20H,1-2H3. The van der Waals surface area contributed by atoms with Crippen molar-refractivity contribution in [2.45, 2.75) is 0 Å². The lowest BCUT2D eigenvalue weighted by Gasteiger charge is -2.13. The third-order valence-corrected chi connectivity index (χ3v) is 3.10. The van der Waals surface area contributed by atoms with Gasteiger partial charge >= 0.3 is 0 Å². The molecule has 0 spiro atoms. The summed E-state index contributed by atoms with van der Waals surface area (Å²) in [5, 5.41) is 19.5. The number of methoxy groups -OCH3 is 2. The van der Waals surface area contributed by atoms with Crippen molar-refractivity contribution in [2.75, 3.05) is 14.2 Å². The van der Waals surface area contributed by atoms with Crippen LogP contribution in [0.15, 0.2) is 42.5 Å². The van der Waals surface area contributed by atoms with Crippen LogP contribution < -0.4 is 9.47 Å². The van der Waals surface area contributed by atoms with Crippen molar-refractivity contribution >= 4 is 11.9 Å². The summed E-state index contributed by atoms with van der Waals surface area (Å²) in [4.78, 5) is 12.1. The molecular formula is C17H16O5. The number of ketones is 1. The van der Waals surface area contributed by atoms with Crippen molar-refractivity contribution in [1.82, 2.24) is 0 Å². The zero-order valence-corrected chi connectivity index (χ0v) is 12.2. The third kappa shape index (κ3) is 3.03. The fourth-order valence-corrected chi connectivity index (χ4v) is 2.02. The second-order valence-corrected chi connectivity index (χ2v) is 4.46. The molecule has 0 radical (unpaired) electrons. The second-order valence-electron chi connectivity index (χ2n) is 4.46. The molecular weight excluding hydrogens is 284 g/mol. The minimum Gasteiger partial charge on any atom is -0.504 e. The number of carbonyl (C=O) groups excluding carboxylic acids is 1. The largest absolute Gasteiger partial charge is 0.504 e. The van der Waals surface area contributed by atoms with Crippen molar-refractivity contribution in [2.24, 2.45) is 0 Å². The molecule has 0 heterocycles. The van der Waals surface area contributed by atoms with Gasteiger partial charge in [0.25, 0.3) is 0 Å². The zero-order chi connectivity index (χ0) is 16.1. The van der Waals surface area contributed by atoms with E-state index in [2.05, 4.69) is 0 Å². The van der Waals surface area contributed by atoms with Gasteiger partial charge in [0.1, 0.15) is 0 Å². The lowest BCUT2D eigenvalue weighted by atomic mass is 10.1. The normalized spacial score (nSPS) is 10.6. The van der Waals surface area contributed by atoms with Crippen molar-refractivity contribution < 1.29 is 24.5 Å². The summed E-state index contributed by atoms with van der Waals surface area (Å²) >= 11 is 0. The third-order valence-electron chi connectivity index (χ3n) is 3.10. The maximum Gasteiger partial charge on any atom is 0.207 e. The molecule has 5 nitrogen and oxygen atoms in total. The van der Waals surface area contributed by atoms with Crippen LogP contribution in [0, 0.1) is 0 Å². The predicted octanol–water partition coefficient (Wildman–Crippen LogP) is 3.01. The fourth-order valence-electron chi connectivity index (χ4n) is 2.02. The number of allylic oxidation sites excluding steroid dienone is 1. The highest BCUT2D eigenvalue weighted by atomic mass is 16.5. The molecule has 0 aliphatic heterocycles. The van der Waals surface area contributed by atoms with Gasteiger partial charge < -0.3 is 19.7 Å². The van der Waals surface area contributed by atoms with Crippen LogP contribution in [-0.2, 0) is 0 Å². The summed E-state index contributed by atoms with van der Waals surface area (Å²) in [6.45, 7) is 0. The molecule has 0 atom stereocenters. The summed E-state index contributed by atoms with van der Waals surface area (Å²) in [6.07, 6.45) is 2.86. The Morgan fingerprint density at radius 2 is 1.68 bits per heavy atom. The Bertz CT molecular complexity index is 705. The molecule has 0 amide bonds. The smallest absolute Gasteiger partial charge is 0.207 e. The topological polar surface area (TPSA) is 76.0 Å². The number of aromatic hydroxyl groups is 2. The van der Waals surface area contributed by atoms with Gasteiger partial charge in [-0.25, -0.2) is 0 Å². The van der Waals surface area contributed by atoms with Crippen molar-refractivity contribution in [3.8, 4) is 23.0 Å². The summed E-state index contributed by atoms with van der Waals surface area (Å²) in [6, 6.07) is 10.1. The first-order chi connectivity index (χ1) is 10.6. The van der Waals surface area contributed by atoms with Crippen LogP contribution in [0.5, 0.6) is 23.0 Å². The molecule has 2 aromatic rings. The van der Waals surface area contributed by atoms with E-state index >= 15 is 0 Å². The van der Waals surface area contributed by atoms with E-state index in [-0.39, 0.29) is 23.0 Å². The molecule has 22 heavy (non-hydrogen) atoms. The first-order valence-electron chi connectivity index (χ1n) is 6.52. The SMILES string of the molecule is COc1c(C=CC(=O)c2ccccc2)cc(O)c(O)c1OC. The van der Waals surface area contributed by atoms with E-state index in [9.17, 15) is 15.0 Å². The monoisotopic (exact) mass is 300 g/mol. The summed E-state index contributed by atoms with van der Waals surface area (Å²) in [7, 11) is 2.75. The van der Waals surface area contributed by atoms with E-state index in [1.165, 1.54) is 32.4 Å². The van der Waals surface area contributed by atoms with E-state index < -0.39 is 5.75 Å². The quantitative estimate of drug-likeness (QED) is 0.504. The molecule has 2 aromatic carbocycles. The Balaban J connectivity index is 2.39. The van der Waals surface area contributed by atoms with Gasteiger partial charge in [-0.2, -0.15) is 0 Å². The minimum atomic E-state index is -0.411. The number of ether oxygens (including phenoxy) is 2. The number of phenolic OH excluding ortho intramolecular Hbond substituents is 2. The molecule has 5 heteroatoms. The van der Waals surface area contributed by atoms with Crippen molar-refractivity contribution in [3.05, 3.63) is 53.6 Å². The molecule has 0 fully saturated rings. The average Bonchev–Trinajstić information content (AvgIpc) is 2.55. The maximum absolute atomic E-state index is 12.1. The molecule has 2 rings (SSSR count). The van der Waals surface area contributed by atoms with Crippen molar-refractivity contribution in [3.63, 3.8) is 0 Å². The van der Waals surface area contributed by atoms with Crippen LogP contribution in [0.2, 0.25) is 0 Å². The number of benzene rings is 2. The lowest BCUT2D eigenvalue weighted by molar-refractivity contribution is 0.104. The predicted molar refractivity (Wildman–Crippen MR) is 82.7 cm³/mol. The molecule has 114 valence electrons. The Hall–Kier alpha value is -2.95. The molecule has 0 aromatic heterocycles. The highest BCUT2D eigenvalue weighted by Gasteiger charge is 2.18. The van der Waals surface area contributed by atoms with Crippen LogP contribution in [0.25, 0.3) is 6.08 Å². The number of hydrogen-bond donors (Lipinski definition) is 2. The van der Waals surface area contributed by atoms with Crippen LogP contribution in [0.1, 0.15) is 15.9 Å². The van der Waals surface area contributed by atoms with Crippen LogP contribution in [0.4, 0.5) is 0 Å². The maximum atomic E-state index is 12.1. The second kappa shape index (κ2) is 6.67. The highest BCUT2D eigenvalue weighted by molar-refractivity contribution is 6.07. The molecule has 0 bridgehead atoms. The van der Waals surface area contributed by atoms with Crippen molar-refractivity contribution in [1.29, 1.82) is 0 Å². The number of phenols is 2. The number of carbonyl (C=O) groups is 1. The first-order valence-corrected chi connectivity index (χ1v) is 6.52. The van der Waals surface area contributed by atoms with Gasteiger partial charge in [0.05, 0.1) is 14.2 Å². The van der Waals surface area contributed by atoms with E-state index in [4.69, 9.17) is 9.47 Å². The van der Waals surface area contributed by atoms with E-state index in [0.717, 1.165) is 0 Å². The molecule has 0 aliphatic rings. The van der Waals surface area contributed by atoms with Gasteiger partial charge in [-0.15, -0.1) is 0 Å². The fraction of sp³-hybridized carbons (Fsp3) is 0.118. The highest BCUT2D eigenvalue weighted by Crippen LogP contribution is 2.45. The summed E-state index contributed by atoms with van der Waals surface area (Å²) in [5.74, 6) is -0.714. The van der Waals surface area contributed by atoms with Gasteiger partial charge in [0.15, 0.2) is 17.3 Å². The van der Waals surface area contributed by atoms with Gasteiger partial charge in [0, 0.05) is 11.1 Å². The molecule has 0 unspecified atom stereocenters. The van der Waals surface area contributed by atoms with Crippen LogP contribution >= 0.6 is 0 Å². The molecule has 0 saturated carbocycles. The number of hydrogen-bond acceptors (Lipinski definition) is 5. The summed E-state index contributed by atoms with van der Waals surface area (Å²) in [5.41, 5.74) is 0.964. The Morgan fingerprint density at radius 3 is 2.27 bits per heavy atom. The minimum absolute atomic E-state index is 0.00862. The lowest BCUT2D eigenvalue weighted by Crippen LogP contribution is -1.96. The summed E-state index contributed by atoms with van der Waals surface area (Å²) < 4.78 is 10.2. The Labute approximate surface area is 128 Å². The van der Waals surface area contributed by atoms with Gasteiger partial charge in [-0.05, 0) is 18.2 Å². The van der Waals surface area contributed by atoms with Gasteiger partial charge in [-0.3, -0.25) is 4.79 Å². The van der Waals surface area contributed by atoms with E-state index in [1.54, 1.807) is 24.3 Å². The van der Waals surface area contributed by atoms with Crippen LogP contribution in [0.3, 0.4) is 0 Å². The molecule has 0 aliphatic carbocycles. The Kier molecular flexibility index (Phi) is 4.68. The first kappa shape index (κ1) is 15.4. The van der Waals surface area contributed by atoms with E-state index in [0.29, 0.717) is 11.1 Å².